The molecule has 31 heavy (non-hydrogen) atoms. The van der Waals surface area contributed by atoms with Crippen LogP contribution in [0.5, 0.6) is 0 Å². The molecule has 0 bridgehead atoms. The molecule has 0 rings (SSSR count). The number of carbonyl (C=O) groups excluding carboxylic acids is 1. The third-order valence-electron chi connectivity index (χ3n) is 4.85. The lowest BCUT2D eigenvalue weighted by Gasteiger charge is -2.20. The molecule has 0 saturated carbocycles. The average Bonchev–Trinajstić information content (AvgIpc) is 2.75. The van der Waals surface area contributed by atoms with Crippen LogP contribution in [0.1, 0.15) is 97.3 Å². The van der Waals surface area contributed by atoms with E-state index in [1.165, 1.54) is 57.8 Å². The van der Waals surface area contributed by atoms with E-state index in [0.717, 1.165) is 19.3 Å². The van der Waals surface area contributed by atoms with Crippen LogP contribution in [0.2, 0.25) is 0 Å². The molecule has 0 heterocycles. The Hall–Kier alpha value is 0.0200. The Morgan fingerprint density at radius 1 is 0.903 bits per heavy atom. The first-order chi connectivity index (χ1) is 14.9. The Labute approximate surface area is 198 Å². The number of halogens is 1. The summed E-state index contributed by atoms with van der Waals surface area (Å²) < 4.78 is 27.1. The van der Waals surface area contributed by atoms with Gasteiger partial charge in [0.25, 0.3) is 0 Å². The molecule has 0 aliphatic heterocycles. The highest BCUT2D eigenvalue weighted by atomic mass is 79.9. The van der Waals surface area contributed by atoms with Gasteiger partial charge in [0.05, 0.1) is 19.3 Å². The number of phosphoric acid groups is 1. The molecule has 0 saturated heterocycles. The van der Waals surface area contributed by atoms with Crippen molar-refractivity contribution in [3.63, 3.8) is 0 Å². The number of rotatable bonds is 23. The molecular weight excluding hydrogens is 485 g/mol. The van der Waals surface area contributed by atoms with Crippen LogP contribution in [-0.4, -0.2) is 48.6 Å². The minimum absolute atomic E-state index is 0.0243. The summed E-state index contributed by atoms with van der Waals surface area (Å²) in [6.45, 7) is 4.90. The fraction of sp³-hybridized carbons (Fsp3) is 0.955. The number of phosphoric ester groups is 1. The van der Waals surface area contributed by atoms with Crippen molar-refractivity contribution >= 4 is 29.7 Å². The van der Waals surface area contributed by atoms with Crippen LogP contribution in [0.15, 0.2) is 0 Å². The highest BCUT2D eigenvalue weighted by Crippen LogP contribution is 2.43. The van der Waals surface area contributed by atoms with Gasteiger partial charge in [-0.25, -0.2) is 4.57 Å². The predicted octanol–water partition coefficient (Wildman–Crippen LogP) is 6.13. The van der Waals surface area contributed by atoms with Gasteiger partial charge in [-0.1, -0.05) is 94.0 Å². The molecule has 186 valence electrons. The van der Waals surface area contributed by atoms with Crippen LogP contribution in [-0.2, 0) is 23.1 Å². The highest BCUT2D eigenvalue weighted by Gasteiger charge is 2.23. The Morgan fingerprint density at radius 2 is 1.48 bits per heavy atom. The van der Waals surface area contributed by atoms with Gasteiger partial charge in [0.1, 0.15) is 0 Å². The van der Waals surface area contributed by atoms with E-state index in [2.05, 4.69) is 28.2 Å². The molecule has 0 aromatic heterocycles. The van der Waals surface area contributed by atoms with Crippen molar-refractivity contribution in [3.8, 4) is 0 Å². The molecule has 0 fully saturated rings. The molecule has 0 spiro atoms. The summed E-state index contributed by atoms with van der Waals surface area (Å²) in [5, 5.41) is 3.28. The first kappa shape index (κ1) is 31.0. The first-order valence-corrected chi connectivity index (χ1v) is 14.6. The largest absolute Gasteiger partial charge is 0.472 e. The van der Waals surface area contributed by atoms with Gasteiger partial charge in [-0.15, -0.1) is 0 Å². The minimum Gasteiger partial charge on any atom is -0.374 e. The Morgan fingerprint density at radius 3 is 2.03 bits per heavy atom. The van der Waals surface area contributed by atoms with Gasteiger partial charge in [-0.05, 0) is 12.8 Å². The fourth-order valence-electron chi connectivity index (χ4n) is 3.08. The summed E-state index contributed by atoms with van der Waals surface area (Å²) in [6.07, 6.45) is 14.5. The van der Waals surface area contributed by atoms with Gasteiger partial charge in [0, 0.05) is 24.9 Å². The summed E-state index contributed by atoms with van der Waals surface area (Å²) in [7, 11) is -4.11. The standard InChI is InChI=1S/C22H45BrNO6P/c1-3-5-6-7-8-9-10-11-12-13-14-15-22(25)24-19-21(28-17-4-2)20-30-31(26,27)29-18-16-23/h21H,3-20H2,1-2H3,(H,24,25)(H,26,27). The second-order valence-corrected chi connectivity index (χ2v) is 10.1. The maximum Gasteiger partial charge on any atom is 0.472 e. The number of amides is 1. The van der Waals surface area contributed by atoms with Crippen LogP contribution >= 0.6 is 23.8 Å². The van der Waals surface area contributed by atoms with E-state index in [9.17, 15) is 14.3 Å². The van der Waals surface area contributed by atoms with E-state index in [4.69, 9.17) is 13.8 Å². The van der Waals surface area contributed by atoms with Gasteiger partial charge in [0.15, 0.2) is 0 Å². The zero-order chi connectivity index (χ0) is 23.2. The monoisotopic (exact) mass is 529 g/mol. The maximum atomic E-state index is 12.1. The fourth-order valence-corrected chi connectivity index (χ4v) is 4.24. The number of unbranched alkanes of at least 4 members (excludes halogenated alkanes) is 10. The number of carbonyl (C=O) groups is 1. The second-order valence-electron chi connectivity index (χ2n) is 7.87. The second kappa shape index (κ2) is 21.8. The van der Waals surface area contributed by atoms with Gasteiger partial charge in [-0.3, -0.25) is 13.8 Å². The lowest BCUT2D eigenvalue weighted by atomic mass is 10.1. The molecule has 0 radical (unpaired) electrons. The molecule has 0 aliphatic rings. The number of alkyl halides is 1. The number of ether oxygens (including phenoxy) is 1. The SMILES string of the molecule is CCCCCCCCCCCCCC(=O)NCC(COP(=O)(O)OCCBr)OCCC. The van der Waals surface area contributed by atoms with Crippen LogP contribution in [0.4, 0.5) is 0 Å². The van der Waals surface area contributed by atoms with Gasteiger partial charge in [0.2, 0.25) is 5.91 Å². The predicted molar refractivity (Wildman–Crippen MR) is 130 cm³/mol. The topological polar surface area (TPSA) is 94.1 Å². The molecule has 2 unspecified atom stereocenters. The Balaban J connectivity index is 3.86. The Bertz CT molecular complexity index is 469. The molecule has 7 nitrogen and oxygen atoms in total. The number of hydrogen-bond acceptors (Lipinski definition) is 5. The summed E-state index contributed by atoms with van der Waals surface area (Å²) in [4.78, 5) is 21.7. The van der Waals surface area contributed by atoms with Crippen LogP contribution in [0, 0.1) is 0 Å². The Kier molecular flexibility index (Phi) is 21.9. The molecule has 9 heteroatoms. The van der Waals surface area contributed by atoms with Crippen molar-refractivity contribution in [2.24, 2.45) is 0 Å². The molecular formula is C22H45BrNO6P. The van der Waals surface area contributed by atoms with Crippen LogP contribution in [0.3, 0.4) is 0 Å². The molecule has 0 aromatic rings. The summed E-state index contributed by atoms with van der Waals surface area (Å²) in [5.74, 6) is -0.0243. The van der Waals surface area contributed by atoms with Crippen LogP contribution in [0.25, 0.3) is 0 Å². The lowest BCUT2D eigenvalue weighted by molar-refractivity contribution is -0.122. The molecule has 2 atom stereocenters. The van der Waals surface area contributed by atoms with E-state index in [0.29, 0.717) is 18.4 Å². The smallest absolute Gasteiger partial charge is 0.374 e. The van der Waals surface area contributed by atoms with Crippen LogP contribution < -0.4 is 5.32 Å². The van der Waals surface area contributed by atoms with E-state index < -0.39 is 13.9 Å². The van der Waals surface area contributed by atoms with Gasteiger partial charge in [-0.2, -0.15) is 0 Å². The van der Waals surface area contributed by atoms with Crippen molar-refractivity contribution in [2.75, 3.05) is 31.7 Å². The molecule has 1 amide bonds. The number of nitrogens with one attached hydrogen (secondary N) is 1. The summed E-state index contributed by atoms with van der Waals surface area (Å²) in [5.41, 5.74) is 0. The first-order valence-electron chi connectivity index (χ1n) is 12.0. The summed E-state index contributed by atoms with van der Waals surface area (Å²) in [6, 6.07) is 0. The summed E-state index contributed by atoms with van der Waals surface area (Å²) >= 11 is 3.12. The average molecular weight is 530 g/mol. The zero-order valence-corrected chi connectivity index (χ0v) is 22.1. The van der Waals surface area contributed by atoms with E-state index in [1.54, 1.807) is 0 Å². The van der Waals surface area contributed by atoms with Gasteiger partial charge < -0.3 is 14.9 Å². The third kappa shape index (κ3) is 21.6. The van der Waals surface area contributed by atoms with E-state index in [1.807, 2.05) is 6.92 Å². The molecule has 2 N–H and O–H groups in total. The maximum absolute atomic E-state index is 12.1. The van der Waals surface area contributed by atoms with Crippen molar-refractivity contribution in [1.29, 1.82) is 0 Å². The molecule has 0 aromatic carbocycles. The molecule has 0 aliphatic carbocycles. The van der Waals surface area contributed by atoms with Gasteiger partial charge >= 0.3 is 7.82 Å². The zero-order valence-electron chi connectivity index (χ0n) is 19.6. The van der Waals surface area contributed by atoms with E-state index >= 15 is 0 Å². The van der Waals surface area contributed by atoms with Crippen molar-refractivity contribution in [2.45, 2.75) is 103 Å². The third-order valence-corrected chi connectivity index (χ3v) is 6.16. The van der Waals surface area contributed by atoms with Crippen molar-refractivity contribution in [1.82, 2.24) is 5.32 Å². The minimum atomic E-state index is -4.11. The van der Waals surface area contributed by atoms with E-state index in [-0.39, 0.29) is 25.7 Å². The highest BCUT2D eigenvalue weighted by molar-refractivity contribution is 9.09. The van der Waals surface area contributed by atoms with Crippen molar-refractivity contribution in [3.05, 3.63) is 0 Å². The number of hydrogen-bond donors (Lipinski definition) is 2. The van der Waals surface area contributed by atoms with Crippen molar-refractivity contribution < 1.29 is 28.0 Å². The quantitative estimate of drug-likeness (QED) is 0.0938. The lowest BCUT2D eigenvalue weighted by Crippen LogP contribution is -2.36. The normalized spacial score (nSPS) is 14.3.